The van der Waals surface area contributed by atoms with Crippen molar-refractivity contribution < 1.29 is 9.53 Å². The minimum absolute atomic E-state index is 0.300. The monoisotopic (exact) mass is 438 g/mol. The highest BCUT2D eigenvalue weighted by Gasteiger charge is 2.31. The summed E-state index contributed by atoms with van der Waals surface area (Å²) in [4.78, 5) is 14.5. The predicted molar refractivity (Wildman–Crippen MR) is 128 cm³/mol. The number of primary amides is 1. The average Bonchev–Trinajstić information content (AvgIpc) is 3.28. The molecule has 0 bridgehead atoms. The van der Waals surface area contributed by atoms with Gasteiger partial charge in [-0.2, -0.15) is 5.10 Å². The van der Waals surface area contributed by atoms with Crippen LogP contribution in [0.3, 0.4) is 0 Å². The van der Waals surface area contributed by atoms with E-state index in [2.05, 4.69) is 17.0 Å². The van der Waals surface area contributed by atoms with Crippen molar-refractivity contribution in [2.75, 3.05) is 7.11 Å². The van der Waals surface area contributed by atoms with E-state index in [0.29, 0.717) is 19.5 Å². The lowest BCUT2D eigenvalue weighted by molar-refractivity contribution is -0.124. The fourth-order valence-electron chi connectivity index (χ4n) is 4.47. The Morgan fingerprint density at radius 2 is 1.70 bits per heavy atom. The van der Waals surface area contributed by atoms with Crippen LogP contribution in [0.5, 0.6) is 5.75 Å². The molecular formula is C27H26N4O2. The molecule has 2 N–H and O–H groups in total. The number of methoxy groups -OCH3 is 1. The van der Waals surface area contributed by atoms with Crippen molar-refractivity contribution in [1.82, 2.24) is 14.7 Å². The standard InChI is InChI=1S/C27H26N4O2/c1-33-24-13-11-19(12-14-24)26-22(18-31(29-26)23-9-3-2-4-10-23)17-30-16-21-8-6-5-7-20(21)15-25(30)27(28)32/h2-14,18,25H,15-17H2,1H3,(H2,28,32)/t25-/m1/s1. The number of aromatic nitrogens is 2. The SMILES string of the molecule is COc1ccc(-c2nn(-c3ccccc3)cc2CN2Cc3ccccc3C[C@@H]2C(N)=O)cc1. The molecule has 6 heteroatoms. The summed E-state index contributed by atoms with van der Waals surface area (Å²) in [7, 11) is 1.66. The van der Waals surface area contributed by atoms with Crippen LogP contribution < -0.4 is 10.5 Å². The first-order chi connectivity index (χ1) is 16.1. The molecule has 0 saturated carbocycles. The number of fused-ring (bicyclic) bond motifs is 1. The number of benzene rings is 3. The van der Waals surface area contributed by atoms with E-state index in [4.69, 9.17) is 15.6 Å². The molecule has 5 rings (SSSR count). The molecule has 1 atom stereocenters. The predicted octanol–water partition coefficient (Wildman–Crippen LogP) is 3.96. The summed E-state index contributed by atoms with van der Waals surface area (Å²) in [6.45, 7) is 1.23. The van der Waals surface area contributed by atoms with Gasteiger partial charge in [0.25, 0.3) is 0 Å². The summed E-state index contributed by atoms with van der Waals surface area (Å²) in [5, 5.41) is 4.92. The van der Waals surface area contributed by atoms with Crippen LogP contribution in [0.2, 0.25) is 0 Å². The molecule has 0 spiro atoms. The van der Waals surface area contributed by atoms with Crippen molar-refractivity contribution in [2.24, 2.45) is 5.73 Å². The fourth-order valence-corrected chi connectivity index (χ4v) is 4.47. The molecule has 166 valence electrons. The maximum Gasteiger partial charge on any atom is 0.235 e. The molecule has 0 saturated heterocycles. The van der Waals surface area contributed by atoms with Crippen LogP contribution >= 0.6 is 0 Å². The minimum Gasteiger partial charge on any atom is -0.497 e. The number of para-hydroxylation sites is 1. The number of nitrogens with zero attached hydrogens (tertiary/aromatic N) is 3. The number of ether oxygens (including phenoxy) is 1. The molecule has 1 aliphatic heterocycles. The third-order valence-electron chi connectivity index (χ3n) is 6.22. The Kier molecular flexibility index (Phi) is 5.67. The molecule has 33 heavy (non-hydrogen) atoms. The van der Waals surface area contributed by atoms with Crippen molar-refractivity contribution in [2.45, 2.75) is 25.6 Å². The van der Waals surface area contributed by atoms with E-state index in [9.17, 15) is 4.79 Å². The second-order valence-electron chi connectivity index (χ2n) is 8.31. The lowest BCUT2D eigenvalue weighted by Gasteiger charge is -2.35. The second-order valence-corrected chi connectivity index (χ2v) is 8.31. The lowest BCUT2D eigenvalue weighted by Crippen LogP contribution is -2.48. The Morgan fingerprint density at radius 3 is 2.39 bits per heavy atom. The fraction of sp³-hybridized carbons (Fsp3) is 0.185. The van der Waals surface area contributed by atoms with E-state index < -0.39 is 0 Å². The lowest BCUT2D eigenvalue weighted by atomic mass is 9.93. The van der Waals surface area contributed by atoms with Gasteiger partial charge in [0.05, 0.1) is 24.5 Å². The normalized spacial score (nSPS) is 15.7. The molecule has 0 fully saturated rings. The molecule has 2 heterocycles. The van der Waals surface area contributed by atoms with Gasteiger partial charge in [-0.3, -0.25) is 9.69 Å². The minimum atomic E-state index is -0.358. The van der Waals surface area contributed by atoms with E-state index >= 15 is 0 Å². The van der Waals surface area contributed by atoms with Gasteiger partial charge < -0.3 is 10.5 Å². The van der Waals surface area contributed by atoms with Crippen LogP contribution in [0, 0.1) is 0 Å². The molecular weight excluding hydrogens is 412 g/mol. The highest BCUT2D eigenvalue weighted by molar-refractivity contribution is 5.80. The number of hydrogen-bond acceptors (Lipinski definition) is 4. The number of hydrogen-bond donors (Lipinski definition) is 1. The van der Waals surface area contributed by atoms with Gasteiger partial charge in [0.2, 0.25) is 5.91 Å². The van der Waals surface area contributed by atoms with Crippen LogP contribution in [0.25, 0.3) is 16.9 Å². The second kappa shape index (κ2) is 8.92. The van der Waals surface area contributed by atoms with Crippen LogP contribution in [0.15, 0.2) is 85.1 Å². The third kappa shape index (κ3) is 4.25. The molecule has 3 aromatic carbocycles. The molecule has 6 nitrogen and oxygen atoms in total. The van der Waals surface area contributed by atoms with Crippen molar-refractivity contribution >= 4 is 5.91 Å². The van der Waals surface area contributed by atoms with Gasteiger partial charge in [-0.05, 0) is 53.9 Å². The first kappa shape index (κ1) is 21.0. The molecule has 1 aliphatic rings. The highest BCUT2D eigenvalue weighted by Crippen LogP contribution is 2.30. The van der Waals surface area contributed by atoms with Gasteiger partial charge in [0.15, 0.2) is 0 Å². The Labute approximate surface area is 193 Å². The van der Waals surface area contributed by atoms with Gasteiger partial charge in [0.1, 0.15) is 5.75 Å². The zero-order valence-corrected chi connectivity index (χ0v) is 18.5. The summed E-state index contributed by atoms with van der Waals surface area (Å²) in [6.07, 6.45) is 2.67. The van der Waals surface area contributed by atoms with Crippen molar-refractivity contribution in [1.29, 1.82) is 0 Å². The van der Waals surface area contributed by atoms with Gasteiger partial charge in [-0.15, -0.1) is 0 Å². The van der Waals surface area contributed by atoms with Crippen LogP contribution in [0.1, 0.15) is 16.7 Å². The highest BCUT2D eigenvalue weighted by atomic mass is 16.5. The first-order valence-corrected chi connectivity index (χ1v) is 11.0. The maximum atomic E-state index is 12.4. The summed E-state index contributed by atoms with van der Waals surface area (Å²) >= 11 is 0. The molecule has 4 aromatic rings. The van der Waals surface area contributed by atoms with Gasteiger partial charge in [0, 0.05) is 30.4 Å². The van der Waals surface area contributed by atoms with Crippen LogP contribution in [-0.2, 0) is 24.3 Å². The Morgan fingerprint density at radius 1 is 1.00 bits per heavy atom. The number of carbonyl (C=O) groups is 1. The number of amides is 1. The van der Waals surface area contributed by atoms with E-state index in [0.717, 1.165) is 28.3 Å². The maximum absolute atomic E-state index is 12.4. The van der Waals surface area contributed by atoms with Crippen molar-refractivity contribution in [3.8, 4) is 22.7 Å². The number of rotatable bonds is 6. The molecule has 0 radical (unpaired) electrons. The van der Waals surface area contributed by atoms with E-state index in [1.165, 1.54) is 11.1 Å². The summed E-state index contributed by atoms with van der Waals surface area (Å²) in [6, 6.07) is 25.8. The quantitative estimate of drug-likeness (QED) is 0.495. The number of nitrogens with two attached hydrogens (primary N) is 1. The summed E-state index contributed by atoms with van der Waals surface area (Å²) < 4.78 is 7.21. The van der Waals surface area contributed by atoms with Crippen molar-refractivity contribution in [3.63, 3.8) is 0 Å². The van der Waals surface area contributed by atoms with Gasteiger partial charge >= 0.3 is 0 Å². The zero-order chi connectivity index (χ0) is 22.8. The first-order valence-electron chi connectivity index (χ1n) is 11.0. The molecule has 0 unspecified atom stereocenters. The topological polar surface area (TPSA) is 73.4 Å². The molecule has 1 aromatic heterocycles. The Bertz CT molecular complexity index is 1270. The van der Waals surface area contributed by atoms with Crippen LogP contribution in [0.4, 0.5) is 0 Å². The smallest absolute Gasteiger partial charge is 0.235 e. The van der Waals surface area contributed by atoms with E-state index in [-0.39, 0.29) is 11.9 Å². The Hall–Kier alpha value is -3.90. The van der Waals surface area contributed by atoms with Crippen LogP contribution in [-0.4, -0.2) is 33.7 Å². The van der Waals surface area contributed by atoms with Crippen molar-refractivity contribution in [3.05, 3.63) is 102 Å². The van der Waals surface area contributed by atoms with E-state index in [1.807, 2.05) is 77.6 Å². The van der Waals surface area contributed by atoms with Gasteiger partial charge in [-0.1, -0.05) is 42.5 Å². The summed E-state index contributed by atoms with van der Waals surface area (Å²) in [5.41, 5.74) is 12.1. The van der Waals surface area contributed by atoms with Gasteiger partial charge in [-0.25, -0.2) is 4.68 Å². The third-order valence-corrected chi connectivity index (χ3v) is 6.22. The largest absolute Gasteiger partial charge is 0.497 e. The molecule has 0 aliphatic carbocycles. The molecule has 1 amide bonds. The van der Waals surface area contributed by atoms with E-state index in [1.54, 1.807) is 7.11 Å². The Balaban J connectivity index is 1.54. The number of carbonyl (C=O) groups excluding carboxylic acids is 1. The summed E-state index contributed by atoms with van der Waals surface area (Å²) in [5.74, 6) is 0.496. The zero-order valence-electron chi connectivity index (χ0n) is 18.5. The average molecular weight is 439 g/mol.